The molecule has 0 aliphatic carbocycles. The molecular formula is C27H24ErN2+. The van der Waals surface area contributed by atoms with E-state index in [0.717, 1.165) is 11.3 Å². The molecule has 0 bridgehead atoms. The van der Waals surface area contributed by atoms with Crippen LogP contribution in [0.2, 0.25) is 0 Å². The van der Waals surface area contributed by atoms with E-state index in [4.69, 9.17) is 0 Å². The molecule has 0 saturated carbocycles. The van der Waals surface area contributed by atoms with E-state index in [-0.39, 0.29) is 37.3 Å². The molecule has 3 heterocycles. The maximum atomic E-state index is 4.22. The molecule has 0 atom stereocenters. The molecule has 0 saturated heterocycles. The third kappa shape index (κ3) is 4.56. The Kier molecular flexibility index (Phi) is 7.59. The maximum absolute atomic E-state index is 4.22. The normalized spacial score (nSPS) is 11.4. The molecule has 0 N–H and O–H groups in total. The minimum atomic E-state index is 0. The van der Waals surface area contributed by atoms with Crippen molar-refractivity contribution in [3.05, 3.63) is 120 Å². The molecule has 3 heteroatoms. The summed E-state index contributed by atoms with van der Waals surface area (Å²) in [5, 5.41) is 0. The molecule has 1 radical (unpaired) electrons. The summed E-state index contributed by atoms with van der Waals surface area (Å²) in [6, 6.07) is 31.1. The van der Waals surface area contributed by atoms with Gasteiger partial charge in [-0.1, -0.05) is 50.2 Å². The summed E-state index contributed by atoms with van der Waals surface area (Å²) >= 11 is 0. The van der Waals surface area contributed by atoms with Crippen LogP contribution in [0.25, 0.3) is 22.5 Å². The SMILES string of the molecule is Cc1cccc2c1-c1cccc[n+]1[C-](C)[C-]2C.[Er+3].[c-]1ccccc1-c1ccccn1. The van der Waals surface area contributed by atoms with Gasteiger partial charge in [-0.3, -0.25) is 0 Å². The Labute approximate surface area is 209 Å². The maximum Gasteiger partial charge on any atom is 3.00 e. The van der Waals surface area contributed by atoms with Crippen LogP contribution in [0.3, 0.4) is 0 Å². The molecular weight excluding hydrogens is 520 g/mol. The zero-order valence-electron chi connectivity index (χ0n) is 17.3. The topological polar surface area (TPSA) is 16.8 Å². The van der Waals surface area contributed by atoms with Crippen molar-refractivity contribution in [2.45, 2.75) is 20.8 Å². The van der Waals surface area contributed by atoms with Crippen LogP contribution in [-0.2, 0) is 0 Å². The third-order valence-electron chi connectivity index (χ3n) is 5.35. The second kappa shape index (κ2) is 10.2. The van der Waals surface area contributed by atoms with Gasteiger partial charge in [0.15, 0.2) is 0 Å². The minimum Gasteiger partial charge on any atom is -0.345 e. The first-order valence-electron chi connectivity index (χ1n) is 9.84. The van der Waals surface area contributed by atoms with E-state index in [0.29, 0.717) is 0 Å². The van der Waals surface area contributed by atoms with Crippen molar-refractivity contribution in [2.75, 3.05) is 0 Å². The second-order valence-corrected chi connectivity index (χ2v) is 7.15. The molecule has 1 aliphatic heterocycles. The van der Waals surface area contributed by atoms with Gasteiger partial charge in [0.25, 0.3) is 0 Å². The summed E-state index contributed by atoms with van der Waals surface area (Å²) in [7, 11) is 0. The Balaban J connectivity index is 0.000000175. The monoisotopic (exact) mass is 542 g/mol. The van der Waals surface area contributed by atoms with Gasteiger partial charge in [0, 0.05) is 12.2 Å². The van der Waals surface area contributed by atoms with Crippen LogP contribution in [0.4, 0.5) is 0 Å². The van der Waals surface area contributed by atoms with Crippen molar-refractivity contribution in [2.24, 2.45) is 0 Å². The van der Waals surface area contributed by atoms with Crippen LogP contribution in [-0.4, -0.2) is 4.98 Å². The summed E-state index contributed by atoms with van der Waals surface area (Å²) < 4.78 is 2.28. The number of pyridine rings is 2. The molecule has 2 aromatic heterocycles. The first-order valence-corrected chi connectivity index (χ1v) is 9.84. The predicted octanol–water partition coefficient (Wildman–Crippen LogP) is 5.85. The van der Waals surface area contributed by atoms with E-state index >= 15 is 0 Å². The van der Waals surface area contributed by atoms with E-state index in [1.807, 2.05) is 42.5 Å². The van der Waals surface area contributed by atoms with Crippen molar-refractivity contribution >= 4 is 0 Å². The molecule has 2 nitrogen and oxygen atoms in total. The average molecular weight is 544 g/mol. The van der Waals surface area contributed by atoms with Gasteiger partial charge < -0.3 is 9.55 Å². The van der Waals surface area contributed by atoms with Crippen LogP contribution in [0.15, 0.2) is 91.3 Å². The Morgan fingerprint density at radius 3 is 2.40 bits per heavy atom. The zero-order valence-corrected chi connectivity index (χ0v) is 19.2. The summed E-state index contributed by atoms with van der Waals surface area (Å²) in [5.74, 6) is 1.37. The Hall–Kier alpha value is -2.27. The number of hydrogen-bond acceptors (Lipinski definition) is 1. The number of fused-ring (bicyclic) bond motifs is 3. The smallest absolute Gasteiger partial charge is 0.345 e. The van der Waals surface area contributed by atoms with Crippen molar-refractivity contribution < 1.29 is 41.9 Å². The van der Waals surface area contributed by atoms with Gasteiger partial charge in [-0.2, -0.15) is 11.6 Å². The molecule has 0 fully saturated rings. The molecule has 0 unspecified atom stereocenters. The van der Waals surface area contributed by atoms with Gasteiger partial charge >= 0.3 is 37.3 Å². The molecule has 0 amide bonds. The number of hydrogen-bond donors (Lipinski definition) is 0. The Morgan fingerprint density at radius 1 is 0.867 bits per heavy atom. The van der Waals surface area contributed by atoms with E-state index in [9.17, 15) is 0 Å². The van der Waals surface area contributed by atoms with Crippen LogP contribution < -0.4 is 4.57 Å². The standard InChI is InChI=1S/C16H16N.C11H8N.Er/c1-11-7-6-8-14-12(2)13(3)17-10-5-4-9-15(17)16(11)14;1-2-6-10(7-3-1)11-8-4-5-9-12-11;/h4-10H,1-3H3;1-6,8-9H;/q2*-1;+3. The fraction of sp³-hybridized carbons (Fsp3) is 0.111. The van der Waals surface area contributed by atoms with Crippen LogP contribution in [0, 0.1) is 62.3 Å². The molecule has 30 heavy (non-hydrogen) atoms. The van der Waals surface area contributed by atoms with Gasteiger partial charge in [0.05, 0.1) is 11.9 Å². The predicted molar refractivity (Wildman–Crippen MR) is 118 cm³/mol. The number of benzene rings is 2. The summed E-state index contributed by atoms with van der Waals surface area (Å²) in [6.45, 7) is 6.57. The third-order valence-corrected chi connectivity index (χ3v) is 5.35. The summed E-state index contributed by atoms with van der Waals surface area (Å²) in [6.07, 6.45) is 3.93. The zero-order chi connectivity index (χ0) is 20.2. The Bertz CT molecular complexity index is 1060. The van der Waals surface area contributed by atoms with Gasteiger partial charge in [0.2, 0.25) is 0 Å². The second-order valence-electron chi connectivity index (χ2n) is 7.15. The molecule has 4 aromatic rings. The largest absolute Gasteiger partial charge is 3.00 e. The van der Waals surface area contributed by atoms with Gasteiger partial charge in [-0.05, 0) is 18.7 Å². The van der Waals surface area contributed by atoms with E-state index in [1.54, 1.807) is 6.20 Å². The summed E-state index contributed by atoms with van der Waals surface area (Å²) in [5.41, 5.74) is 7.39. The number of nitrogens with zero attached hydrogens (tertiary/aromatic N) is 2. The summed E-state index contributed by atoms with van der Waals surface area (Å²) in [4.78, 5) is 4.22. The van der Waals surface area contributed by atoms with Crippen molar-refractivity contribution in [3.63, 3.8) is 0 Å². The first kappa shape index (κ1) is 22.4. The van der Waals surface area contributed by atoms with Crippen LogP contribution >= 0.6 is 0 Å². The quantitative estimate of drug-likeness (QED) is 0.217. The first-order chi connectivity index (χ1) is 14.2. The molecule has 1 aliphatic rings. The van der Waals surface area contributed by atoms with Crippen molar-refractivity contribution in [1.29, 1.82) is 0 Å². The number of aryl methyl sites for hydroxylation is 1. The van der Waals surface area contributed by atoms with E-state index in [2.05, 4.69) is 79.0 Å². The molecule has 5 rings (SSSR count). The fourth-order valence-electron chi connectivity index (χ4n) is 3.71. The van der Waals surface area contributed by atoms with E-state index < -0.39 is 0 Å². The Morgan fingerprint density at radius 2 is 1.67 bits per heavy atom. The van der Waals surface area contributed by atoms with Crippen molar-refractivity contribution in [3.8, 4) is 22.5 Å². The van der Waals surface area contributed by atoms with Gasteiger partial charge in [0.1, 0.15) is 0 Å². The molecule has 2 aromatic carbocycles. The van der Waals surface area contributed by atoms with E-state index in [1.165, 1.54) is 34.3 Å². The van der Waals surface area contributed by atoms with Gasteiger partial charge in [-0.25, -0.2) is 0 Å². The number of aromatic nitrogens is 2. The van der Waals surface area contributed by atoms with Crippen LogP contribution in [0.5, 0.6) is 0 Å². The van der Waals surface area contributed by atoms with Crippen LogP contribution in [0.1, 0.15) is 25.0 Å². The average Bonchev–Trinajstić information content (AvgIpc) is 2.79. The fourth-order valence-corrected chi connectivity index (χ4v) is 3.71. The number of rotatable bonds is 1. The molecule has 153 valence electrons. The minimum absolute atomic E-state index is 0. The van der Waals surface area contributed by atoms with Gasteiger partial charge in [-0.15, -0.1) is 59.0 Å². The molecule has 0 spiro atoms. The van der Waals surface area contributed by atoms with Crippen molar-refractivity contribution in [1.82, 2.24) is 4.98 Å².